The summed E-state index contributed by atoms with van der Waals surface area (Å²) in [6.07, 6.45) is -0.163. The Bertz CT molecular complexity index is 1120. The first kappa shape index (κ1) is 21.8. The molecular weight excluding hydrogens is 434 g/mol. The molecule has 0 unspecified atom stereocenters. The Kier molecular flexibility index (Phi) is 7.03. The number of aromatic nitrogens is 2. The number of carbonyl (C=O) groups excluding carboxylic acids is 1. The molecule has 1 N–H and O–H groups in total. The van der Waals surface area contributed by atoms with Crippen molar-refractivity contribution in [1.29, 1.82) is 0 Å². The lowest BCUT2D eigenvalue weighted by molar-refractivity contribution is -0.145. The van der Waals surface area contributed by atoms with E-state index in [1.54, 1.807) is 31.4 Å². The first-order valence-corrected chi connectivity index (χ1v) is 10.6. The summed E-state index contributed by atoms with van der Waals surface area (Å²) in [4.78, 5) is 16.1. The summed E-state index contributed by atoms with van der Waals surface area (Å²) in [5.74, 6) is 0.472. The molecule has 3 aromatic rings. The first-order valence-electron chi connectivity index (χ1n) is 8.75. The van der Waals surface area contributed by atoms with Crippen LogP contribution in [0.15, 0.2) is 57.9 Å². The number of esters is 1. The van der Waals surface area contributed by atoms with Crippen LogP contribution in [0.3, 0.4) is 0 Å². The molecule has 0 aliphatic heterocycles. The van der Waals surface area contributed by atoms with Crippen molar-refractivity contribution in [2.24, 2.45) is 0 Å². The molecule has 30 heavy (non-hydrogen) atoms. The van der Waals surface area contributed by atoms with Crippen LogP contribution < -0.4 is 9.46 Å². The highest BCUT2D eigenvalue weighted by atomic mass is 35.5. The fraction of sp³-hybridized carbons (Fsp3) is 0.211. The predicted molar refractivity (Wildman–Crippen MR) is 107 cm³/mol. The van der Waals surface area contributed by atoms with Gasteiger partial charge in [-0.2, -0.15) is 4.98 Å². The minimum Gasteiger partial charge on any atom is -0.497 e. The second-order valence-electron chi connectivity index (χ2n) is 6.01. The Balaban J connectivity index is 1.47. The molecule has 3 rings (SSSR count). The van der Waals surface area contributed by atoms with Crippen LogP contribution in [0.25, 0.3) is 11.4 Å². The predicted octanol–water partition coefficient (Wildman–Crippen LogP) is 2.81. The van der Waals surface area contributed by atoms with Gasteiger partial charge in [-0.3, -0.25) is 4.79 Å². The van der Waals surface area contributed by atoms with E-state index in [2.05, 4.69) is 14.9 Å². The highest BCUT2D eigenvalue weighted by Crippen LogP contribution is 2.21. The molecule has 0 aliphatic rings. The molecule has 0 bridgehead atoms. The summed E-state index contributed by atoms with van der Waals surface area (Å²) in [5, 5.41) is 4.26. The van der Waals surface area contributed by atoms with Crippen molar-refractivity contribution in [3.8, 4) is 17.1 Å². The molecule has 11 heteroatoms. The maximum absolute atomic E-state index is 12.1. The largest absolute Gasteiger partial charge is 0.497 e. The number of benzene rings is 2. The van der Waals surface area contributed by atoms with E-state index in [-0.39, 0.29) is 30.4 Å². The number of carbonyl (C=O) groups is 1. The van der Waals surface area contributed by atoms with E-state index in [9.17, 15) is 13.2 Å². The number of nitrogens with one attached hydrogen (secondary N) is 1. The van der Waals surface area contributed by atoms with Crippen LogP contribution in [0.1, 0.15) is 12.3 Å². The van der Waals surface area contributed by atoms with Gasteiger partial charge in [-0.25, -0.2) is 13.1 Å². The van der Waals surface area contributed by atoms with Crippen molar-refractivity contribution in [3.63, 3.8) is 0 Å². The van der Waals surface area contributed by atoms with E-state index in [0.717, 1.165) is 0 Å². The van der Waals surface area contributed by atoms with E-state index >= 15 is 0 Å². The highest BCUT2D eigenvalue weighted by molar-refractivity contribution is 7.89. The van der Waals surface area contributed by atoms with Crippen molar-refractivity contribution in [1.82, 2.24) is 14.9 Å². The zero-order valence-electron chi connectivity index (χ0n) is 15.9. The van der Waals surface area contributed by atoms with E-state index < -0.39 is 16.0 Å². The molecular formula is C19H18ClN3O6S. The van der Waals surface area contributed by atoms with Gasteiger partial charge < -0.3 is 14.0 Å². The zero-order valence-corrected chi connectivity index (χ0v) is 17.4. The van der Waals surface area contributed by atoms with Crippen molar-refractivity contribution >= 4 is 27.6 Å². The number of hydrogen-bond donors (Lipinski definition) is 1. The Morgan fingerprint density at radius 1 is 1.20 bits per heavy atom. The number of hydrogen-bond acceptors (Lipinski definition) is 8. The van der Waals surface area contributed by atoms with Gasteiger partial charge in [0, 0.05) is 17.1 Å². The van der Waals surface area contributed by atoms with Crippen LogP contribution in [0.4, 0.5) is 0 Å². The molecule has 0 radical (unpaired) electrons. The van der Waals surface area contributed by atoms with Crippen LogP contribution in [0.5, 0.6) is 5.75 Å². The van der Waals surface area contributed by atoms with Crippen LogP contribution >= 0.6 is 11.6 Å². The van der Waals surface area contributed by atoms with E-state index in [1.165, 1.54) is 24.3 Å². The van der Waals surface area contributed by atoms with Crippen molar-refractivity contribution < 1.29 is 27.2 Å². The molecule has 0 saturated heterocycles. The number of sulfonamides is 1. The van der Waals surface area contributed by atoms with Crippen LogP contribution in [0.2, 0.25) is 5.02 Å². The number of ether oxygens (including phenoxy) is 2. The van der Waals surface area contributed by atoms with Crippen LogP contribution in [-0.4, -0.2) is 38.2 Å². The maximum atomic E-state index is 12.1. The van der Waals surface area contributed by atoms with Gasteiger partial charge in [-0.05, 0) is 36.4 Å². The second-order valence-corrected chi connectivity index (χ2v) is 8.21. The van der Waals surface area contributed by atoms with Gasteiger partial charge in [0.1, 0.15) is 5.75 Å². The summed E-state index contributed by atoms with van der Waals surface area (Å²) < 4.78 is 41.9. The SMILES string of the molecule is COc1cccc(-c2noc(COC(=O)CCNS(=O)(=O)c3ccc(Cl)cc3)n2)c1. The van der Waals surface area contributed by atoms with Gasteiger partial charge in [0.15, 0.2) is 6.61 Å². The average Bonchev–Trinajstić information content (AvgIpc) is 3.22. The lowest BCUT2D eigenvalue weighted by Gasteiger charge is -2.06. The van der Waals surface area contributed by atoms with Crippen molar-refractivity contribution in [2.75, 3.05) is 13.7 Å². The molecule has 0 atom stereocenters. The number of nitrogens with zero attached hydrogens (tertiary/aromatic N) is 2. The Labute approximate surface area is 178 Å². The quantitative estimate of drug-likeness (QED) is 0.493. The summed E-state index contributed by atoms with van der Waals surface area (Å²) in [7, 11) is -2.19. The smallest absolute Gasteiger partial charge is 0.307 e. The summed E-state index contributed by atoms with van der Waals surface area (Å²) in [5.41, 5.74) is 0.687. The molecule has 0 saturated carbocycles. The van der Waals surface area contributed by atoms with Gasteiger partial charge in [0.2, 0.25) is 15.8 Å². The first-order chi connectivity index (χ1) is 14.4. The van der Waals surface area contributed by atoms with Gasteiger partial charge in [-0.15, -0.1) is 0 Å². The molecule has 0 spiro atoms. The van der Waals surface area contributed by atoms with E-state index in [1.807, 2.05) is 0 Å². The van der Waals surface area contributed by atoms with E-state index in [4.69, 9.17) is 25.6 Å². The normalized spacial score (nSPS) is 11.3. The van der Waals surface area contributed by atoms with Crippen LogP contribution in [-0.2, 0) is 26.2 Å². The summed E-state index contributed by atoms with van der Waals surface area (Å²) in [6.45, 7) is -0.345. The number of rotatable bonds is 9. The third-order valence-corrected chi connectivity index (χ3v) is 5.63. The number of methoxy groups -OCH3 is 1. The monoisotopic (exact) mass is 451 g/mol. The molecule has 0 amide bonds. The minimum absolute atomic E-state index is 0.0520. The lowest BCUT2D eigenvalue weighted by Crippen LogP contribution is -2.26. The molecule has 0 fully saturated rings. The third kappa shape index (κ3) is 5.78. The molecule has 1 aromatic heterocycles. The molecule has 1 heterocycles. The van der Waals surface area contributed by atoms with E-state index in [0.29, 0.717) is 22.2 Å². The van der Waals surface area contributed by atoms with Gasteiger partial charge in [-0.1, -0.05) is 28.9 Å². The fourth-order valence-corrected chi connectivity index (χ4v) is 3.55. The topological polar surface area (TPSA) is 121 Å². The summed E-state index contributed by atoms with van der Waals surface area (Å²) in [6, 6.07) is 12.8. The lowest BCUT2D eigenvalue weighted by atomic mass is 10.2. The zero-order chi connectivity index (χ0) is 21.6. The standard InChI is InChI=1S/C19H18ClN3O6S/c1-27-15-4-2-3-13(11-15)19-22-17(29-23-19)12-28-18(24)9-10-21-30(25,26)16-7-5-14(20)6-8-16/h2-8,11,21H,9-10,12H2,1H3. The number of halogens is 1. The maximum Gasteiger partial charge on any atom is 0.307 e. The van der Waals surface area contributed by atoms with Crippen molar-refractivity contribution in [2.45, 2.75) is 17.9 Å². The summed E-state index contributed by atoms with van der Waals surface area (Å²) >= 11 is 5.74. The molecule has 158 valence electrons. The van der Waals surface area contributed by atoms with Gasteiger partial charge in [0.05, 0.1) is 18.4 Å². The Hall–Kier alpha value is -2.95. The molecule has 2 aromatic carbocycles. The molecule has 9 nitrogen and oxygen atoms in total. The van der Waals surface area contributed by atoms with Gasteiger partial charge in [0.25, 0.3) is 5.89 Å². The highest BCUT2D eigenvalue weighted by Gasteiger charge is 2.15. The average molecular weight is 452 g/mol. The Morgan fingerprint density at radius 3 is 2.70 bits per heavy atom. The fourth-order valence-electron chi connectivity index (χ4n) is 2.39. The molecule has 0 aliphatic carbocycles. The minimum atomic E-state index is -3.74. The van der Waals surface area contributed by atoms with Crippen molar-refractivity contribution in [3.05, 3.63) is 59.4 Å². The van der Waals surface area contributed by atoms with Gasteiger partial charge >= 0.3 is 5.97 Å². The second kappa shape index (κ2) is 9.70. The third-order valence-electron chi connectivity index (χ3n) is 3.90. The van der Waals surface area contributed by atoms with Crippen LogP contribution in [0, 0.1) is 0 Å². The Morgan fingerprint density at radius 2 is 1.97 bits per heavy atom.